The molecule has 92 valence electrons. The van der Waals surface area contributed by atoms with Gasteiger partial charge in [-0.15, -0.1) is 0 Å². The van der Waals surface area contributed by atoms with Crippen LogP contribution in [0, 0.1) is 0 Å². The van der Waals surface area contributed by atoms with Crippen molar-refractivity contribution in [2.75, 3.05) is 13.1 Å². The van der Waals surface area contributed by atoms with Crippen molar-refractivity contribution in [3.63, 3.8) is 0 Å². The van der Waals surface area contributed by atoms with Crippen molar-refractivity contribution in [1.29, 1.82) is 0 Å². The first-order valence-electron chi connectivity index (χ1n) is 6.12. The van der Waals surface area contributed by atoms with E-state index in [9.17, 15) is 4.79 Å². The van der Waals surface area contributed by atoms with E-state index in [1.165, 1.54) is 4.68 Å². The van der Waals surface area contributed by atoms with Crippen LogP contribution in [0.2, 0.25) is 0 Å². The Balaban J connectivity index is 2.15. The average Bonchev–Trinajstić information content (AvgIpc) is 2.68. The number of fused-ring (bicyclic) bond motifs is 1. The predicted octanol–water partition coefficient (Wildman–Crippen LogP) is 0.984. The number of nitrogens with one attached hydrogen (secondary N) is 1. The van der Waals surface area contributed by atoms with Gasteiger partial charge in [0.05, 0.1) is 11.6 Å². The van der Waals surface area contributed by atoms with Gasteiger partial charge in [-0.05, 0) is 18.9 Å². The van der Waals surface area contributed by atoms with Crippen molar-refractivity contribution in [3.8, 4) is 0 Å². The molecule has 0 saturated heterocycles. The fraction of sp³-hybridized carbons (Fsp3) is 0.308. The van der Waals surface area contributed by atoms with Gasteiger partial charge in [-0.3, -0.25) is 9.79 Å². The molecule has 0 fully saturated rings. The van der Waals surface area contributed by atoms with Gasteiger partial charge >= 0.3 is 0 Å². The molecule has 0 bridgehead atoms. The van der Waals surface area contributed by atoms with Crippen LogP contribution in [0.15, 0.2) is 40.2 Å². The maximum Gasteiger partial charge on any atom is 0.282 e. The van der Waals surface area contributed by atoms with Gasteiger partial charge in [0, 0.05) is 18.5 Å². The monoisotopic (exact) mass is 242 g/mol. The first kappa shape index (κ1) is 11.0. The number of rotatable bonds is 0. The maximum atomic E-state index is 12.3. The summed E-state index contributed by atoms with van der Waals surface area (Å²) in [5.74, 6) is 0.559. The molecule has 5 heteroatoms. The Morgan fingerprint density at radius 3 is 3.06 bits per heavy atom. The minimum Gasteiger partial charge on any atom is -0.354 e. The summed E-state index contributed by atoms with van der Waals surface area (Å²) in [7, 11) is 0. The van der Waals surface area contributed by atoms with Gasteiger partial charge in [0.1, 0.15) is 0 Å². The van der Waals surface area contributed by atoms with Crippen LogP contribution < -0.4 is 10.9 Å². The highest BCUT2D eigenvalue weighted by atomic mass is 16.1. The van der Waals surface area contributed by atoms with E-state index in [2.05, 4.69) is 15.4 Å². The van der Waals surface area contributed by atoms with E-state index in [1.807, 2.05) is 24.3 Å². The number of hydrogen-bond donors (Lipinski definition) is 1. The Labute approximate surface area is 104 Å². The SMILES string of the molecule is O=c1c2ccccc2cnn1C1=NCCCCN1. The molecular formula is C13H14N4O. The largest absolute Gasteiger partial charge is 0.354 e. The minimum absolute atomic E-state index is 0.124. The molecule has 0 atom stereocenters. The van der Waals surface area contributed by atoms with Gasteiger partial charge in [0.15, 0.2) is 0 Å². The molecule has 0 unspecified atom stereocenters. The zero-order valence-corrected chi connectivity index (χ0v) is 9.97. The van der Waals surface area contributed by atoms with Gasteiger partial charge in [0.2, 0.25) is 5.96 Å². The zero-order chi connectivity index (χ0) is 12.4. The van der Waals surface area contributed by atoms with E-state index in [-0.39, 0.29) is 5.56 Å². The summed E-state index contributed by atoms with van der Waals surface area (Å²) < 4.78 is 1.35. The van der Waals surface area contributed by atoms with Crippen LogP contribution >= 0.6 is 0 Å². The zero-order valence-electron chi connectivity index (χ0n) is 9.97. The highest BCUT2D eigenvalue weighted by Gasteiger charge is 2.10. The smallest absolute Gasteiger partial charge is 0.282 e. The lowest BCUT2D eigenvalue weighted by Gasteiger charge is -2.08. The third-order valence-electron chi connectivity index (χ3n) is 3.03. The molecule has 2 heterocycles. The average molecular weight is 242 g/mol. The van der Waals surface area contributed by atoms with Crippen LogP contribution in [0.3, 0.4) is 0 Å². The van der Waals surface area contributed by atoms with Crippen molar-refractivity contribution in [2.24, 2.45) is 4.99 Å². The topological polar surface area (TPSA) is 59.3 Å². The van der Waals surface area contributed by atoms with Crippen LogP contribution in [-0.2, 0) is 0 Å². The fourth-order valence-corrected chi connectivity index (χ4v) is 2.06. The Hall–Kier alpha value is -2.17. The maximum absolute atomic E-state index is 12.3. The molecule has 0 radical (unpaired) electrons. The number of nitrogens with zero attached hydrogens (tertiary/aromatic N) is 3. The first-order chi connectivity index (χ1) is 8.86. The number of benzene rings is 1. The second-order valence-electron chi connectivity index (χ2n) is 4.29. The van der Waals surface area contributed by atoms with Gasteiger partial charge in [-0.25, -0.2) is 0 Å². The lowest BCUT2D eigenvalue weighted by atomic mass is 10.2. The molecule has 18 heavy (non-hydrogen) atoms. The summed E-state index contributed by atoms with van der Waals surface area (Å²) in [5, 5.41) is 8.86. The molecule has 0 aliphatic carbocycles. The second kappa shape index (κ2) is 4.60. The lowest BCUT2D eigenvalue weighted by molar-refractivity contribution is 0.737. The Kier molecular flexibility index (Phi) is 2.80. The Morgan fingerprint density at radius 1 is 1.22 bits per heavy atom. The van der Waals surface area contributed by atoms with E-state index in [0.717, 1.165) is 31.3 Å². The van der Waals surface area contributed by atoms with Crippen LogP contribution in [0.1, 0.15) is 12.8 Å². The van der Waals surface area contributed by atoms with Gasteiger partial charge < -0.3 is 5.32 Å². The molecule has 1 aliphatic heterocycles. The number of aliphatic imine (C=N–C) groups is 1. The van der Waals surface area contributed by atoms with Crippen LogP contribution in [0.25, 0.3) is 10.8 Å². The quantitative estimate of drug-likeness (QED) is 0.749. The minimum atomic E-state index is -0.124. The van der Waals surface area contributed by atoms with Crippen molar-refractivity contribution < 1.29 is 0 Å². The van der Waals surface area contributed by atoms with Crippen molar-refractivity contribution in [3.05, 3.63) is 40.8 Å². The molecule has 1 aromatic carbocycles. The lowest BCUT2D eigenvalue weighted by Crippen LogP contribution is -2.39. The van der Waals surface area contributed by atoms with E-state index in [4.69, 9.17) is 0 Å². The molecular weight excluding hydrogens is 228 g/mol. The Bertz CT molecular complexity index is 659. The summed E-state index contributed by atoms with van der Waals surface area (Å²) in [6.45, 7) is 1.57. The van der Waals surface area contributed by atoms with E-state index in [0.29, 0.717) is 11.3 Å². The molecule has 2 aromatic rings. The van der Waals surface area contributed by atoms with Gasteiger partial charge in [-0.1, -0.05) is 18.2 Å². The molecule has 1 N–H and O–H groups in total. The predicted molar refractivity (Wildman–Crippen MR) is 70.9 cm³/mol. The molecule has 0 spiro atoms. The first-order valence-corrected chi connectivity index (χ1v) is 6.12. The Morgan fingerprint density at radius 2 is 2.11 bits per heavy atom. The fourth-order valence-electron chi connectivity index (χ4n) is 2.06. The molecule has 5 nitrogen and oxygen atoms in total. The van der Waals surface area contributed by atoms with Crippen molar-refractivity contribution in [2.45, 2.75) is 12.8 Å². The van der Waals surface area contributed by atoms with Crippen LogP contribution in [0.5, 0.6) is 0 Å². The van der Waals surface area contributed by atoms with Crippen molar-refractivity contribution in [1.82, 2.24) is 15.1 Å². The van der Waals surface area contributed by atoms with Gasteiger partial charge in [0.25, 0.3) is 5.56 Å². The van der Waals surface area contributed by atoms with Crippen molar-refractivity contribution >= 4 is 16.7 Å². The second-order valence-corrected chi connectivity index (χ2v) is 4.29. The third kappa shape index (κ3) is 1.88. The number of hydrogen-bond acceptors (Lipinski definition) is 4. The molecule has 1 aromatic heterocycles. The van der Waals surface area contributed by atoms with E-state index >= 15 is 0 Å². The molecule has 0 amide bonds. The highest BCUT2D eigenvalue weighted by molar-refractivity contribution is 5.86. The van der Waals surface area contributed by atoms with E-state index < -0.39 is 0 Å². The summed E-state index contributed by atoms with van der Waals surface area (Å²) >= 11 is 0. The normalized spacial score (nSPS) is 15.9. The van der Waals surface area contributed by atoms with E-state index in [1.54, 1.807) is 6.20 Å². The number of aromatic nitrogens is 2. The molecule has 1 aliphatic rings. The van der Waals surface area contributed by atoms with Crippen LogP contribution in [0.4, 0.5) is 0 Å². The summed E-state index contributed by atoms with van der Waals surface area (Å²) in [4.78, 5) is 16.7. The van der Waals surface area contributed by atoms with Crippen LogP contribution in [-0.4, -0.2) is 28.8 Å². The molecule has 0 saturated carbocycles. The standard InChI is InChI=1S/C13H14N4O/c18-12-11-6-2-1-5-10(11)9-16-17(12)13-14-7-3-4-8-15-13/h1-2,5-6,9H,3-4,7-8H2,(H,14,15). The molecule has 3 rings (SSSR count). The van der Waals surface area contributed by atoms with Gasteiger partial charge in [-0.2, -0.15) is 9.78 Å². The third-order valence-corrected chi connectivity index (χ3v) is 3.03. The summed E-state index contributed by atoms with van der Waals surface area (Å²) in [5.41, 5.74) is -0.124. The summed E-state index contributed by atoms with van der Waals surface area (Å²) in [6, 6.07) is 7.45. The highest BCUT2D eigenvalue weighted by Crippen LogP contribution is 2.06. The summed E-state index contributed by atoms with van der Waals surface area (Å²) in [6.07, 6.45) is 3.81.